The quantitative estimate of drug-likeness (QED) is 0.589. The summed E-state index contributed by atoms with van der Waals surface area (Å²) in [6, 6.07) is 3.73. The molecule has 0 saturated carbocycles. The highest BCUT2D eigenvalue weighted by molar-refractivity contribution is 6.11. The Kier molecular flexibility index (Phi) is 4.27. The van der Waals surface area contributed by atoms with Gasteiger partial charge in [-0.05, 0) is 0 Å². The number of fused-ring (bicyclic) bond motifs is 1. The van der Waals surface area contributed by atoms with Crippen LogP contribution in [0.4, 0.5) is 11.5 Å². The SMILES string of the molecule is N#CCc1cnc2c(C(=O)Nc3cnccc3OC3CNC3)c(N)nn2c1. The number of amides is 1. The first-order valence-corrected chi connectivity index (χ1v) is 8.28. The summed E-state index contributed by atoms with van der Waals surface area (Å²) in [6.07, 6.45) is 6.51. The number of nitrogen functional groups attached to an aromatic ring is 1. The van der Waals surface area contributed by atoms with E-state index in [0.29, 0.717) is 22.6 Å². The first-order chi connectivity index (χ1) is 13.2. The first kappa shape index (κ1) is 16.7. The molecular formula is C17H16N8O2. The topological polar surface area (TPSA) is 143 Å². The second-order valence-electron chi connectivity index (χ2n) is 6.05. The Labute approximate surface area is 154 Å². The number of aromatic nitrogens is 4. The number of hydrogen-bond acceptors (Lipinski definition) is 8. The van der Waals surface area contributed by atoms with Crippen molar-refractivity contribution in [3.8, 4) is 11.8 Å². The standard InChI is InChI=1S/C17H16N8O2/c18-3-1-10-5-22-16-14(15(19)24-25(16)9-10)17(26)23-12-8-20-4-2-13(12)27-11-6-21-7-11/h2,4-5,8-9,11,21H,1,6-7H2,(H2,19,24)(H,23,26). The molecule has 0 radical (unpaired) electrons. The van der Waals surface area contributed by atoms with E-state index in [1.807, 2.05) is 6.07 Å². The van der Waals surface area contributed by atoms with Gasteiger partial charge in [-0.25, -0.2) is 9.50 Å². The van der Waals surface area contributed by atoms with Crippen molar-refractivity contribution in [2.75, 3.05) is 24.1 Å². The molecule has 0 bridgehead atoms. The largest absolute Gasteiger partial charge is 0.485 e. The van der Waals surface area contributed by atoms with Gasteiger partial charge in [-0.1, -0.05) is 0 Å². The number of carbonyl (C=O) groups excluding carboxylic acids is 1. The first-order valence-electron chi connectivity index (χ1n) is 8.28. The number of nitrogens with one attached hydrogen (secondary N) is 2. The molecule has 10 heteroatoms. The molecule has 0 unspecified atom stereocenters. The van der Waals surface area contributed by atoms with Gasteiger partial charge >= 0.3 is 0 Å². The van der Waals surface area contributed by atoms with Crippen LogP contribution in [0, 0.1) is 11.3 Å². The van der Waals surface area contributed by atoms with Crippen molar-refractivity contribution in [2.45, 2.75) is 12.5 Å². The highest BCUT2D eigenvalue weighted by Crippen LogP contribution is 2.26. The molecule has 4 heterocycles. The number of nitrogens with zero attached hydrogens (tertiary/aromatic N) is 5. The third-order valence-corrected chi connectivity index (χ3v) is 4.13. The molecule has 0 spiro atoms. The maximum Gasteiger partial charge on any atom is 0.263 e. The number of ether oxygens (including phenoxy) is 1. The van der Waals surface area contributed by atoms with Gasteiger partial charge in [-0.3, -0.25) is 9.78 Å². The molecule has 1 aliphatic heterocycles. The van der Waals surface area contributed by atoms with E-state index in [1.54, 1.807) is 18.5 Å². The third kappa shape index (κ3) is 3.23. The molecule has 1 amide bonds. The lowest BCUT2D eigenvalue weighted by Crippen LogP contribution is -2.50. The van der Waals surface area contributed by atoms with Crippen molar-refractivity contribution in [3.63, 3.8) is 0 Å². The van der Waals surface area contributed by atoms with E-state index in [-0.39, 0.29) is 23.9 Å². The second kappa shape index (κ2) is 6.89. The Hall–Kier alpha value is -3.71. The summed E-state index contributed by atoms with van der Waals surface area (Å²) >= 11 is 0. The molecule has 0 aromatic carbocycles. The summed E-state index contributed by atoms with van der Waals surface area (Å²) < 4.78 is 7.24. The van der Waals surface area contributed by atoms with Crippen molar-refractivity contribution in [3.05, 3.63) is 42.0 Å². The van der Waals surface area contributed by atoms with Gasteiger partial charge in [-0.15, -0.1) is 5.10 Å². The fourth-order valence-electron chi connectivity index (χ4n) is 2.68. The van der Waals surface area contributed by atoms with Crippen molar-refractivity contribution < 1.29 is 9.53 Å². The van der Waals surface area contributed by atoms with E-state index < -0.39 is 5.91 Å². The summed E-state index contributed by atoms with van der Waals surface area (Å²) in [4.78, 5) is 21.1. The molecular weight excluding hydrogens is 348 g/mol. The van der Waals surface area contributed by atoms with Gasteiger partial charge in [0.2, 0.25) is 0 Å². The average Bonchev–Trinajstić information content (AvgIpc) is 2.94. The smallest absolute Gasteiger partial charge is 0.263 e. The molecule has 1 aliphatic rings. The van der Waals surface area contributed by atoms with Crippen LogP contribution in [0.25, 0.3) is 5.65 Å². The molecule has 27 heavy (non-hydrogen) atoms. The fraction of sp³-hybridized carbons (Fsp3) is 0.235. The minimum atomic E-state index is -0.465. The highest BCUT2D eigenvalue weighted by atomic mass is 16.5. The van der Waals surface area contributed by atoms with Gasteiger partial charge in [0.1, 0.15) is 23.1 Å². The lowest BCUT2D eigenvalue weighted by atomic mass is 10.2. The highest BCUT2D eigenvalue weighted by Gasteiger charge is 2.23. The van der Waals surface area contributed by atoms with Crippen LogP contribution in [0.15, 0.2) is 30.9 Å². The zero-order valence-corrected chi connectivity index (χ0v) is 14.2. The molecule has 1 saturated heterocycles. The maximum atomic E-state index is 12.8. The molecule has 0 atom stereocenters. The molecule has 136 valence electrons. The maximum absolute atomic E-state index is 12.8. The van der Waals surface area contributed by atoms with E-state index in [1.165, 1.54) is 16.9 Å². The second-order valence-corrected chi connectivity index (χ2v) is 6.05. The van der Waals surface area contributed by atoms with Gasteiger partial charge in [0.25, 0.3) is 5.91 Å². The zero-order chi connectivity index (χ0) is 18.8. The van der Waals surface area contributed by atoms with E-state index in [9.17, 15) is 4.79 Å². The van der Waals surface area contributed by atoms with E-state index in [4.69, 9.17) is 15.7 Å². The molecule has 10 nitrogen and oxygen atoms in total. The van der Waals surface area contributed by atoms with Crippen molar-refractivity contribution in [1.82, 2.24) is 24.9 Å². The number of nitrogens with two attached hydrogens (primary N) is 1. The molecule has 0 aliphatic carbocycles. The number of hydrogen-bond donors (Lipinski definition) is 3. The predicted molar refractivity (Wildman–Crippen MR) is 96.2 cm³/mol. The molecule has 3 aromatic heterocycles. The van der Waals surface area contributed by atoms with Gasteiger partial charge in [0, 0.05) is 43.3 Å². The number of nitriles is 1. The lowest BCUT2D eigenvalue weighted by Gasteiger charge is -2.28. The van der Waals surface area contributed by atoms with E-state index in [0.717, 1.165) is 13.1 Å². The molecule has 1 fully saturated rings. The zero-order valence-electron chi connectivity index (χ0n) is 14.2. The van der Waals surface area contributed by atoms with Crippen LogP contribution in [-0.2, 0) is 6.42 Å². The Morgan fingerprint density at radius 3 is 3.07 bits per heavy atom. The van der Waals surface area contributed by atoms with Crippen molar-refractivity contribution in [2.24, 2.45) is 0 Å². The monoisotopic (exact) mass is 364 g/mol. The van der Waals surface area contributed by atoms with E-state index >= 15 is 0 Å². The Bertz CT molecular complexity index is 1050. The Morgan fingerprint density at radius 1 is 1.48 bits per heavy atom. The van der Waals surface area contributed by atoms with Crippen LogP contribution in [0.3, 0.4) is 0 Å². The van der Waals surface area contributed by atoms with Crippen molar-refractivity contribution >= 4 is 23.1 Å². The lowest BCUT2D eigenvalue weighted by molar-refractivity contribution is 0.102. The van der Waals surface area contributed by atoms with Crippen LogP contribution in [0.5, 0.6) is 5.75 Å². The normalized spacial score (nSPS) is 13.7. The third-order valence-electron chi connectivity index (χ3n) is 4.13. The molecule has 3 aromatic rings. The van der Waals surface area contributed by atoms with Gasteiger partial charge < -0.3 is 21.1 Å². The van der Waals surface area contributed by atoms with Crippen LogP contribution in [0.2, 0.25) is 0 Å². The summed E-state index contributed by atoms with van der Waals surface area (Å²) in [5.41, 5.74) is 7.50. The van der Waals surface area contributed by atoms with Crippen LogP contribution in [0.1, 0.15) is 15.9 Å². The summed E-state index contributed by atoms with van der Waals surface area (Å²) in [5.74, 6) is 0.112. The Morgan fingerprint density at radius 2 is 2.33 bits per heavy atom. The minimum Gasteiger partial charge on any atom is -0.485 e. The summed E-state index contributed by atoms with van der Waals surface area (Å²) in [6.45, 7) is 1.51. The number of rotatable bonds is 5. The fourth-order valence-corrected chi connectivity index (χ4v) is 2.68. The van der Waals surface area contributed by atoms with Gasteiger partial charge in [0.15, 0.2) is 11.5 Å². The van der Waals surface area contributed by atoms with Crippen LogP contribution in [-0.4, -0.2) is 44.7 Å². The van der Waals surface area contributed by atoms with Crippen LogP contribution >= 0.6 is 0 Å². The van der Waals surface area contributed by atoms with Crippen molar-refractivity contribution in [1.29, 1.82) is 5.26 Å². The van der Waals surface area contributed by atoms with Crippen LogP contribution < -0.4 is 21.1 Å². The molecule has 4 rings (SSSR count). The number of anilines is 2. The average molecular weight is 364 g/mol. The van der Waals surface area contributed by atoms with Gasteiger partial charge in [-0.2, -0.15) is 5.26 Å². The predicted octanol–water partition coefficient (Wildman–Crippen LogP) is 0.375. The summed E-state index contributed by atoms with van der Waals surface area (Å²) in [7, 11) is 0. The number of pyridine rings is 1. The molecule has 4 N–H and O–H groups in total. The minimum absolute atomic E-state index is 0.0451. The Balaban J connectivity index is 1.62. The summed E-state index contributed by atoms with van der Waals surface area (Å²) in [5, 5.41) is 18.8. The van der Waals surface area contributed by atoms with E-state index in [2.05, 4.69) is 25.7 Å². The van der Waals surface area contributed by atoms with Gasteiger partial charge in [0.05, 0.1) is 18.7 Å². The number of carbonyl (C=O) groups is 1.